The number of hydrogen-bond acceptors (Lipinski definition) is 6. The van der Waals surface area contributed by atoms with Crippen LogP contribution in [-0.4, -0.2) is 30.5 Å². The zero-order valence-corrected chi connectivity index (χ0v) is 17.7. The number of sulfonamides is 1. The van der Waals surface area contributed by atoms with Crippen molar-refractivity contribution in [3.63, 3.8) is 0 Å². The van der Waals surface area contributed by atoms with E-state index in [9.17, 15) is 18.0 Å². The highest BCUT2D eigenvalue weighted by Crippen LogP contribution is 2.15. The van der Waals surface area contributed by atoms with Crippen LogP contribution >= 0.6 is 11.8 Å². The van der Waals surface area contributed by atoms with Gasteiger partial charge in [-0.15, -0.1) is 0 Å². The molecule has 1 amide bonds. The zero-order valence-electron chi connectivity index (χ0n) is 16.1. The summed E-state index contributed by atoms with van der Waals surface area (Å²) in [6.07, 6.45) is 1.86. The van der Waals surface area contributed by atoms with Crippen molar-refractivity contribution in [2.45, 2.75) is 17.2 Å². The first-order valence-electron chi connectivity index (χ1n) is 8.91. The van der Waals surface area contributed by atoms with E-state index in [2.05, 4.69) is 20.0 Å². The molecule has 1 heterocycles. The molecule has 0 fully saturated rings. The molecule has 0 atom stereocenters. The standard InChI is InChI=1S/C20H20N4O4S2/c1-29-13-18-23-17(11-19(25)24-18)20(26)22-15-7-9-16(10-8-15)30(27,28)21-12-14-5-3-2-4-6-14/h2-11,21H,12-13H2,1H3,(H,22,26)(H,23,24,25). The maximum absolute atomic E-state index is 12.4. The molecule has 30 heavy (non-hydrogen) atoms. The summed E-state index contributed by atoms with van der Waals surface area (Å²) in [6.45, 7) is 0.175. The van der Waals surface area contributed by atoms with Gasteiger partial charge < -0.3 is 10.3 Å². The number of benzene rings is 2. The molecule has 10 heteroatoms. The van der Waals surface area contributed by atoms with Crippen molar-refractivity contribution in [2.24, 2.45) is 0 Å². The van der Waals surface area contributed by atoms with Crippen molar-refractivity contribution in [1.29, 1.82) is 0 Å². The number of aromatic nitrogens is 2. The minimum atomic E-state index is -3.70. The molecule has 0 saturated heterocycles. The molecule has 0 saturated carbocycles. The Bertz CT molecular complexity index is 1180. The Hall–Kier alpha value is -2.95. The average Bonchev–Trinajstić information content (AvgIpc) is 2.73. The van der Waals surface area contributed by atoms with Gasteiger partial charge in [0, 0.05) is 18.3 Å². The van der Waals surface area contributed by atoms with Crippen molar-refractivity contribution in [2.75, 3.05) is 11.6 Å². The highest BCUT2D eigenvalue weighted by Gasteiger charge is 2.15. The van der Waals surface area contributed by atoms with Crippen LogP contribution in [0.25, 0.3) is 0 Å². The number of carbonyl (C=O) groups is 1. The third-order valence-electron chi connectivity index (χ3n) is 4.04. The maximum atomic E-state index is 12.4. The lowest BCUT2D eigenvalue weighted by molar-refractivity contribution is 0.102. The third kappa shape index (κ3) is 5.78. The predicted molar refractivity (Wildman–Crippen MR) is 117 cm³/mol. The average molecular weight is 445 g/mol. The lowest BCUT2D eigenvalue weighted by atomic mass is 10.2. The highest BCUT2D eigenvalue weighted by molar-refractivity contribution is 7.97. The zero-order chi connectivity index (χ0) is 21.6. The number of amides is 1. The SMILES string of the molecule is CSCc1nc(C(=O)Nc2ccc(S(=O)(=O)NCc3ccccc3)cc2)cc(=O)[nH]1. The molecule has 3 aromatic rings. The third-order valence-corrected chi connectivity index (χ3v) is 6.02. The summed E-state index contributed by atoms with van der Waals surface area (Å²) in [4.78, 5) is 30.9. The fourth-order valence-corrected chi connectivity index (χ4v) is 4.03. The van der Waals surface area contributed by atoms with Gasteiger partial charge in [-0.05, 0) is 36.1 Å². The van der Waals surface area contributed by atoms with E-state index in [1.54, 1.807) is 0 Å². The number of rotatable bonds is 8. The minimum absolute atomic E-state index is 0.0102. The van der Waals surface area contributed by atoms with E-state index < -0.39 is 21.5 Å². The summed E-state index contributed by atoms with van der Waals surface area (Å²) in [7, 11) is -3.70. The Morgan fingerprint density at radius 3 is 2.47 bits per heavy atom. The van der Waals surface area contributed by atoms with Crippen LogP contribution in [0.1, 0.15) is 21.9 Å². The normalized spacial score (nSPS) is 11.2. The summed E-state index contributed by atoms with van der Waals surface area (Å²) >= 11 is 1.47. The number of aromatic amines is 1. The van der Waals surface area contributed by atoms with Crippen LogP contribution in [0.3, 0.4) is 0 Å². The molecule has 3 rings (SSSR count). The molecule has 0 aliphatic heterocycles. The van der Waals surface area contributed by atoms with Gasteiger partial charge in [-0.3, -0.25) is 9.59 Å². The molecular formula is C20H20N4O4S2. The second-order valence-electron chi connectivity index (χ2n) is 6.30. The van der Waals surface area contributed by atoms with Gasteiger partial charge in [0.2, 0.25) is 10.0 Å². The summed E-state index contributed by atoms with van der Waals surface area (Å²) in [5.41, 5.74) is 0.806. The molecule has 2 aromatic carbocycles. The molecule has 3 N–H and O–H groups in total. The number of nitrogens with one attached hydrogen (secondary N) is 3. The topological polar surface area (TPSA) is 121 Å². The number of thioether (sulfide) groups is 1. The van der Waals surface area contributed by atoms with E-state index in [1.165, 1.54) is 36.0 Å². The van der Waals surface area contributed by atoms with Crippen LogP contribution in [0.15, 0.2) is 70.4 Å². The molecule has 0 bridgehead atoms. The fourth-order valence-electron chi connectivity index (χ4n) is 2.60. The predicted octanol–water partition coefficient (Wildman–Crippen LogP) is 2.36. The molecule has 0 spiro atoms. The van der Waals surface area contributed by atoms with Crippen molar-refractivity contribution in [3.05, 3.63) is 88.1 Å². The molecule has 8 nitrogen and oxygen atoms in total. The Morgan fingerprint density at radius 2 is 1.80 bits per heavy atom. The monoisotopic (exact) mass is 444 g/mol. The van der Waals surface area contributed by atoms with E-state index in [1.807, 2.05) is 36.6 Å². The second-order valence-corrected chi connectivity index (χ2v) is 8.93. The van der Waals surface area contributed by atoms with Crippen LogP contribution in [-0.2, 0) is 22.3 Å². The Kier molecular flexibility index (Phi) is 7.03. The first-order chi connectivity index (χ1) is 14.4. The minimum Gasteiger partial charge on any atom is -0.321 e. The van der Waals surface area contributed by atoms with E-state index in [0.717, 1.165) is 11.6 Å². The van der Waals surface area contributed by atoms with Crippen molar-refractivity contribution < 1.29 is 13.2 Å². The van der Waals surface area contributed by atoms with E-state index in [0.29, 0.717) is 17.3 Å². The van der Waals surface area contributed by atoms with Gasteiger partial charge in [-0.25, -0.2) is 18.1 Å². The summed E-state index contributed by atoms with van der Waals surface area (Å²) < 4.78 is 27.4. The van der Waals surface area contributed by atoms with E-state index >= 15 is 0 Å². The number of anilines is 1. The van der Waals surface area contributed by atoms with Crippen LogP contribution < -0.4 is 15.6 Å². The quantitative estimate of drug-likeness (QED) is 0.490. The van der Waals surface area contributed by atoms with Gasteiger partial charge >= 0.3 is 0 Å². The van der Waals surface area contributed by atoms with E-state index in [4.69, 9.17) is 0 Å². The van der Waals surface area contributed by atoms with Gasteiger partial charge in [0.1, 0.15) is 11.5 Å². The molecule has 0 aliphatic rings. The first kappa shape index (κ1) is 21.8. The summed E-state index contributed by atoms with van der Waals surface area (Å²) in [5.74, 6) is 0.325. The lowest BCUT2D eigenvalue weighted by Gasteiger charge is -2.09. The molecule has 0 unspecified atom stereocenters. The van der Waals surface area contributed by atoms with Gasteiger partial charge in [-0.1, -0.05) is 30.3 Å². The number of carbonyl (C=O) groups excluding carboxylic acids is 1. The largest absolute Gasteiger partial charge is 0.321 e. The van der Waals surface area contributed by atoms with E-state index in [-0.39, 0.29) is 17.1 Å². The van der Waals surface area contributed by atoms with Gasteiger partial charge in [0.25, 0.3) is 11.5 Å². The molecular weight excluding hydrogens is 424 g/mol. The van der Waals surface area contributed by atoms with Crippen molar-refractivity contribution >= 4 is 33.4 Å². The summed E-state index contributed by atoms with van der Waals surface area (Å²) in [5, 5.41) is 2.62. The molecule has 156 valence electrons. The first-order valence-corrected chi connectivity index (χ1v) is 11.8. The van der Waals surface area contributed by atoms with Crippen molar-refractivity contribution in [1.82, 2.24) is 14.7 Å². The highest BCUT2D eigenvalue weighted by atomic mass is 32.2. The van der Waals surface area contributed by atoms with Crippen molar-refractivity contribution in [3.8, 4) is 0 Å². The number of H-pyrrole nitrogens is 1. The van der Waals surface area contributed by atoms with Crippen LogP contribution in [0.2, 0.25) is 0 Å². The Morgan fingerprint density at radius 1 is 1.10 bits per heavy atom. The van der Waals surface area contributed by atoms with Crippen LogP contribution in [0.4, 0.5) is 5.69 Å². The number of hydrogen-bond donors (Lipinski definition) is 3. The van der Waals surface area contributed by atoms with Crippen LogP contribution in [0, 0.1) is 0 Å². The van der Waals surface area contributed by atoms with Gasteiger partial charge in [-0.2, -0.15) is 11.8 Å². The van der Waals surface area contributed by atoms with Gasteiger partial charge in [0.15, 0.2) is 0 Å². The lowest BCUT2D eigenvalue weighted by Crippen LogP contribution is -2.23. The Balaban J connectivity index is 1.68. The number of nitrogens with zero attached hydrogens (tertiary/aromatic N) is 1. The van der Waals surface area contributed by atoms with Gasteiger partial charge in [0.05, 0.1) is 10.6 Å². The maximum Gasteiger partial charge on any atom is 0.274 e. The second kappa shape index (κ2) is 9.70. The smallest absolute Gasteiger partial charge is 0.274 e. The Labute approximate surface area is 178 Å². The van der Waals surface area contributed by atoms with Crippen LogP contribution in [0.5, 0.6) is 0 Å². The molecule has 0 aliphatic carbocycles. The molecule has 0 radical (unpaired) electrons. The molecule has 1 aromatic heterocycles. The fraction of sp³-hybridized carbons (Fsp3) is 0.150. The summed E-state index contributed by atoms with van der Waals surface area (Å²) in [6, 6.07) is 16.0.